The van der Waals surface area contributed by atoms with Crippen molar-refractivity contribution in [2.24, 2.45) is 11.3 Å². The first-order valence-electron chi connectivity index (χ1n) is 6.74. The number of hydrogen-bond acceptors (Lipinski definition) is 2. The first-order chi connectivity index (χ1) is 8.73. The van der Waals surface area contributed by atoms with Gasteiger partial charge in [-0.1, -0.05) is 39.3 Å². The van der Waals surface area contributed by atoms with Gasteiger partial charge in [0.05, 0.1) is 13.2 Å². The van der Waals surface area contributed by atoms with Gasteiger partial charge in [0.25, 0.3) is 0 Å². The molecule has 0 radical (unpaired) electrons. The molecule has 0 saturated heterocycles. The van der Waals surface area contributed by atoms with Gasteiger partial charge in [0.15, 0.2) is 0 Å². The summed E-state index contributed by atoms with van der Waals surface area (Å²) in [6.07, 6.45) is 1.26. The number of hydrogen-bond donors (Lipinski definition) is 1. The molecule has 2 unspecified atom stereocenters. The third-order valence-corrected chi connectivity index (χ3v) is 3.37. The standard InChI is InChI=1S/C16H25ClO2/c1-11(10-16(2,3)4)8-14(18)13-9-12(17)6-7-15(13)19-5/h6-7,9,11,14,18H,8,10H2,1-5H3. The fraction of sp³-hybridized carbons (Fsp3) is 0.625. The number of ether oxygens (including phenoxy) is 1. The fourth-order valence-corrected chi connectivity index (χ4v) is 2.78. The Labute approximate surface area is 121 Å². The Morgan fingerprint density at radius 2 is 1.95 bits per heavy atom. The highest BCUT2D eigenvalue weighted by Gasteiger charge is 2.21. The number of benzene rings is 1. The Bertz CT molecular complexity index is 410. The van der Waals surface area contributed by atoms with Gasteiger partial charge in [-0.25, -0.2) is 0 Å². The zero-order valence-corrected chi connectivity index (χ0v) is 13.3. The van der Waals surface area contributed by atoms with Gasteiger partial charge in [0.2, 0.25) is 0 Å². The molecule has 1 aromatic carbocycles. The molecule has 1 aromatic rings. The van der Waals surface area contributed by atoms with Gasteiger partial charge in [-0.3, -0.25) is 0 Å². The predicted octanol–water partition coefficient (Wildman–Crippen LogP) is 4.84. The van der Waals surface area contributed by atoms with Crippen molar-refractivity contribution in [3.8, 4) is 5.75 Å². The van der Waals surface area contributed by atoms with E-state index in [0.717, 1.165) is 12.0 Å². The Balaban J connectivity index is 2.77. The highest BCUT2D eigenvalue weighted by Crippen LogP contribution is 2.34. The molecule has 0 bridgehead atoms. The van der Waals surface area contributed by atoms with E-state index in [1.807, 2.05) is 0 Å². The smallest absolute Gasteiger partial charge is 0.124 e. The summed E-state index contributed by atoms with van der Waals surface area (Å²) in [6, 6.07) is 5.36. The lowest BCUT2D eigenvalue weighted by Gasteiger charge is -2.25. The van der Waals surface area contributed by atoms with Gasteiger partial charge in [0.1, 0.15) is 5.75 Å². The Morgan fingerprint density at radius 1 is 1.32 bits per heavy atom. The van der Waals surface area contributed by atoms with Gasteiger partial charge >= 0.3 is 0 Å². The molecule has 0 amide bonds. The first kappa shape index (κ1) is 16.3. The van der Waals surface area contributed by atoms with E-state index in [4.69, 9.17) is 16.3 Å². The van der Waals surface area contributed by atoms with E-state index in [1.54, 1.807) is 25.3 Å². The summed E-state index contributed by atoms with van der Waals surface area (Å²) in [5, 5.41) is 11.0. The largest absolute Gasteiger partial charge is 0.496 e. The van der Waals surface area contributed by atoms with Crippen molar-refractivity contribution in [3.63, 3.8) is 0 Å². The second-order valence-corrected chi connectivity index (χ2v) is 6.94. The number of aliphatic hydroxyl groups is 1. The maximum atomic E-state index is 10.4. The minimum Gasteiger partial charge on any atom is -0.496 e. The molecular formula is C16H25ClO2. The van der Waals surface area contributed by atoms with Crippen molar-refractivity contribution < 1.29 is 9.84 Å². The molecule has 2 atom stereocenters. The van der Waals surface area contributed by atoms with E-state index < -0.39 is 6.10 Å². The van der Waals surface area contributed by atoms with Gasteiger partial charge < -0.3 is 9.84 Å². The molecular weight excluding hydrogens is 260 g/mol. The van der Waals surface area contributed by atoms with Crippen molar-refractivity contribution in [2.75, 3.05) is 7.11 Å². The van der Waals surface area contributed by atoms with Gasteiger partial charge in [-0.2, -0.15) is 0 Å². The molecule has 0 aliphatic carbocycles. The van der Waals surface area contributed by atoms with Crippen molar-refractivity contribution in [2.45, 2.75) is 46.6 Å². The molecule has 19 heavy (non-hydrogen) atoms. The molecule has 2 nitrogen and oxygen atoms in total. The number of methoxy groups -OCH3 is 1. The van der Waals surface area contributed by atoms with E-state index in [9.17, 15) is 5.11 Å². The molecule has 0 spiro atoms. The average Bonchev–Trinajstić information content (AvgIpc) is 2.26. The van der Waals surface area contributed by atoms with Crippen molar-refractivity contribution in [1.29, 1.82) is 0 Å². The second-order valence-electron chi connectivity index (χ2n) is 6.51. The van der Waals surface area contributed by atoms with Crippen LogP contribution in [0.25, 0.3) is 0 Å². The third kappa shape index (κ3) is 5.42. The Morgan fingerprint density at radius 3 is 2.47 bits per heavy atom. The van der Waals surface area contributed by atoms with E-state index in [1.165, 1.54) is 0 Å². The second kappa shape index (κ2) is 6.62. The summed E-state index contributed by atoms with van der Waals surface area (Å²) in [6.45, 7) is 8.83. The van der Waals surface area contributed by atoms with Crippen molar-refractivity contribution >= 4 is 11.6 Å². The molecule has 0 aliphatic rings. The van der Waals surface area contributed by atoms with E-state index in [0.29, 0.717) is 23.1 Å². The van der Waals surface area contributed by atoms with Crippen LogP contribution in [0.2, 0.25) is 5.02 Å². The van der Waals surface area contributed by atoms with Crippen molar-refractivity contribution in [3.05, 3.63) is 28.8 Å². The Hall–Kier alpha value is -0.730. The minimum atomic E-state index is -0.536. The van der Waals surface area contributed by atoms with Crippen LogP contribution in [-0.2, 0) is 0 Å². The van der Waals surface area contributed by atoms with Crippen LogP contribution >= 0.6 is 11.6 Å². The maximum absolute atomic E-state index is 10.4. The third-order valence-electron chi connectivity index (χ3n) is 3.14. The monoisotopic (exact) mass is 284 g/mol. The van der Waals surface area contributed by atoms with Crippen LogP contribution in [0.5, 0.6) is 5.75 Å². The molecule has 1 rings (SSSR count). The zero-order chi connectivity index (χ0) is 14.6. The summed E-state index contributed by atoms with van der Waals surface area (Å²) < 4.78 is 5.29. The molecule has 0 aliphatic heterocycles. The van der Waals surface area contributed by atoms with Crippen LogP contribution in [0.1, 0.15) is 52.2 Å². The van der Waals surface area contributed by atoms with E-state index in [-0.39, 0.29) is 5.41 Å². The number of rotatable bonds is 5. The topological polar surface area (TPSA) is 29.5 Å². The fourth-order valence-electron chi connectivity index (χ4n) is 2.60. The van der Waals surface area contributed by atoms with Crippen LogP contribution in [0.15, 0.2) is 18.2 Å². The number of halogens is 1. The summed E-state index contributed by atoms with van der Waals surface area (Å²) in [7, 11) is 1.61. The molecule has 108 valence electrons. The van der Waals surface area contributed by atoms with Crippen LogP contribution in [-0.4, -0.2) is 12.2 Å². The van der Waals surface area contributed by atoms with Gasteiger partial charge in [-0.15, -0.1) is 0 Å². The van der Waals surface area contributed by atoms with Crippen LogP contribution in [0.3, 0.4) is 0 Å². The highest BCUT2D eigenvalue weighted by molar-refractivity contribution is 6.30. The maximum Gasteiger partial charge on any atom is 0.124 e. The van der Waals surface area contributed by atoms with Gasteiger partial charge in [-0.05, 0) is 42.4 Å². The summed E-state index contributed by atoms with van der Waals surface area (Å²) in [4.78, 5) is 0. The normalized spacial score (nSPS) is 15.1. The zero-order valence-electron chi connectivity index (χ0n) is 12.5. The van der Waals surface area contributed by atoms with E-state index >= 15 is 0 Å². The molecule has 0 aromatic heterocycles. The molecule has 0 fully saturated rings. The van der Waals surface area contributed by atoms with Crippen LogP contribution < -0.4 is 4.74 Å². The van der Waals surface area contributed by atoms with Crippen LogP contribution in [0, 0.1) is 11.3 Å². The first-order valence-corrected chi connectivity index (χ1v) is 7.12. The lowest BCUT2D eigenvalue weighted by Crippen LogP contribution is -2.14. The molecule has 3 heteroatoms. The quantitative estimate of drug-likeness (QED) is 0.838. The lowest BCUT2D eigenvalue weighted by atomic mass is 9.82. The van der Waals surface area contributed by atoms with E-state index in [2.05, 4.69) is 27.7 Å². The summed E-state index contributed by atoms with van der Waals surface area (Å²) >= 11 is 5.99. The summed E-state index contributed by atoms with van der Waals surface area (Å²) in [5.41, 5.74) is 1.05. The molecule has 1 N–H and O–H groups in total. The lowest BCUT2D eigenvalue weighted by molar-refractivity contribution is 0.131. The summed E-state index contributed by atoms with van der Waals surface area (Å²) in [5.74, 6) is 1.14. The average molecular weight is 285 g/mol. The van der Waals surface area contributed by atoms with Gasteiger partial charge in [0, 0.05) is 10.6 Å². The SMILES string of the molecule is COc1ccc(Cl)cc1C(O)CC(C)CC(C)(C)C. The highest BCUT2D eigenvalue weighted by atomic mass is 35.5. The molecule has 0 heterocycles. The number of aliphatic hydroxyl groups excluding tert-OH is 1. The molecule has 0 saturated carbocycles. The Kier molecular flexibility index (Phi) is 5.69. The predicted molar refractivity (Wildman–Crippen MR) is 80.8 cm³/mol. The van der Waals surface area contributed by atoms with Crippen LogP contribution in [0.4, 0.5) is 0 Å². The minimum absolute atomic E-state index is 0.275. The van der Waals surface area contributed by atoms with Crippen molar-refractivity contribution in [1.82, 2.24) is 0 Å².